The van der Waals surface area contributed by atoms with E-state index < -0.39 is 0 Å². The smallest absolute Gasteiger partial charge is 0.319 e. The predicted molar refractivity (Wildman–Crippen MR) is 153 cm³/mol. The zero-order valence-corrected chi connectivity index (χ0v) is 22.8. The summed E-state index contributed by atoms with van der Waals surface area (Å²) in [6.45, 7) is 5.94. The van der Waals surface area contributed by atoms with Gasteiger partial charge in [-0.15, -0.1) is 0 Å². The van der Waals surface area contributed by atoms with Crippen LogP contribution in [0.1, 0.15) is 38.2 Å². The number of halogens is 3. The molecule has 0 bridgehead atoms. The third-order valence-electron chi connectivity index (χ3n) is 7.00. The molecule has 0 saturated carbocycles. The molecule has 0 radical (unpaired) electrons. The van der Waals surface area contributed by atoms with Crippen LogP contribution in [0.4, 0.5) is 10.5 Å². The monoisotopic (exact) mass is 543 g/mol. The van der Waals surface area contributed by atoms with Crippen LogP contribution < -0.4 is 10.6 Å². The lowest BCUT2D eigenvalue weighted by Crippen LogP contribution is -2.49. The van der Waals surface area contributed by atoms with Crippen LogP contribution in [0.2, 0.25) is 15.1 Å². The number of piperidine rings is 1. The lowest BCUT2D eigenvalue weighted by Gasteiger charge is -2.42. The van der Waals surface area contributed by atoms with Crippen molar-refractivity contribution < 1.29 is 4.79 Å². The summed E-state index contributed by atoms with van der Waals surface area (Å²) in [5, 5.41) is 7.67. The van der Waals surface area contributed by atoms with Crippen LogP contribution in [0, 0.1) is 0 Å². The van der Waals surface area contributed by atoms with E-state index in [0.29, 0.717) is 22.3 Å². The third kappa shape index (κ3) is 6.95. The molecule has 0 unspecified atom stereocenters. The van der Waals surface area contributed by atoms with Crippen molar-refractivity contribution in [1.82, 2.24) is 10.2 Å². The summed E-state index contributed by atoms with van der Waals surface area (Å²) in [5.41, 5.74) is 3.89. The Hall–Kier alpha value is -2.24. The van der Waals surface area contributed by atoms with Crippen molar-refractivity contribution in [3.05, 3.63) is 87.4 Å². The Morgan fingerprint density at radius 3 is 2.22 bits per heavy atom. The van der Waals surface area contributed by atoms with Crippen LogP contribution in [-0.4, -0.2) is 37.1 Å². The molecule has 1 aliphatic rings. The number of unbranched alkanes of at least 4 members (excludes halogenated alkanes) is 1. The lowest BCUT2D eigenvalue weighted by molar-refractivity contribution is 0.155. The number of rotatable bonds is 8. The van der Waals surface area contributed by atoms with Gasteiger partial charge in [0, 0.05) is 32.7 Å². The van der Waals surface area contributed by atoms with Gasteiger partial charge in [0.15, 0.2) is 0 Å². The summed E-state index contributed by atoms with van der Waals surface area (Å²) >= 11 is 18.4. The fourth-order valence-electron chi connectivity index (χ4n) is 4.89. The molecule has 1 fully saturated rings. The first-order valence-electron chi connectivity index (χ1n) is 12.5. The summed E-state index contributed by atoms with van der Waals surface area (Å²) in [7, 11) is 0. The topological polar surface area (TPSA) is 44.4 Å². The highest BCUT2D eigenvalue weighted by atomic mass is 35.5. The zero-order chi connectivity index (χ0) is 25.5. The molecule has 190 valence electrons. The van der Waals surface area contributed by atoms with E-state index in [-0.39, 0.29) is 11.4 Å². The minimum atomic E-state index is -0.267. The number of amides is 2. The number of nitrogens with zero attached hydrogens (tertiary/aromatic N) is 1. The summed E-state index contributed by atoms with van der Waals surface area (Å²) < 4.78 is 0. The SMILES string of the molecule is CCCCN1CCC(CNC(=O)Nc2cc(Cl)cc(Cl)c2)(c2ccc(-c3cccc(Cl)c3)cc2)CC1. The van der Waals surface area contributed by atoms with Crippen LogP contribution in [0.3, 0.4) is 0 Å². The number of hydrogen-bond acceptors (Lipinski definition) is 2. The highest BCUT2D eigenvalue weighted by molar-refractivity contribution is 6.35. The van der Waals surface area contributed by atoms with E-state index in [1.54, 1.807) is 18.2 Å². The molecule has 0 aliphatic carbocycles. The number of hydrogen-bond donors (Lipinski definition) is 2. The molecule has 0 aromatic heterocycles. The van der Waals surface area contributed by atoms with Gasteiger partial charge in [-0.05, 0) is 85.9 Å². The Labute approximate surface area is 228 Å². The van der Waals surface area contributed by atoms with Gasteiger partial charge < -0.3 is 15.5 Å². The average molecular weight is 545 g/mol. The van der Waals surface area contributed by atoms with Gasteiger partial charge in [0.05, 0.1) is 0 Å². The van der Waals surface area contributed by atoms with Crippen molar-refractivity contribution in [2.24, 2.45) is 0 Å². The van der Waals surface area contributed by atoms with Gasteiger partial charge >= 0.3 is 6.03 Å². The van der Waals surface area contributed by atoms with E-state index in [4.69, 9.17) is 34.8 Å². The van der Waals surface area contributed by atoms with Gasteiger partial charge in [0.2, 0.25) is 0 Å². The minimum Gasteiger partial charge on any atom is -0.337 e. The second-order valence-corrected chi connectivity index (χ2v) is 10.8. The fraction of sp³-hybridized carbons (Fsp3) is 0.345. The normalized spacial score (nSPS) is 15.4. The average Bonchev–Trinajstić information content (AvgIpc) is 2.86. The van der Waals surface area contributed by atoms with E-state index in [0.717, 1.165) is 48.6 Å². The molecule has 4 nitrogen and oxygen atoms in total. The largest absolute Gasteiger partial charge is 0.337 e. The summed E-state index contributed by atoms with van der Waals surface area (Å²) in [5.74, 6) is 0. The van der Waals surface area contributed by atoms with Crippen molar-refractivity contribution in [1.29, 1.82) is 0 Å². The molecule has 3 aromatic carbocycles. The van der Waals surface area contributed by atoms with Gasteiger partial charge in [-0.3, -0.25) is 0 Å². The Morgan fingerprint density at radius 2 is 1.58 bits per heavy atom. The highest BCUT2D eigenvalue weighted by Crippen LogP contribution is 2.36. The number of benzene rings is 3. The molecule has 0 atom stereocenters. The second-order valence-electron chi connectivity index (χ2n) is 9.53. The van der Waals surface area contributed by atoms with Gasteiger partial charge in [-0.25, -0.2) is 4.79 Å². The van der Waals surface area contributed by atoms with Crippen molar-refractivity contribution in [3.8, 4) is 11.1 Å². The molecule has 7 heteroatoms. The number of nitrogens with one attached hydrogen (secondary N) is 2. The molecule has 36 heavy (non-hydrogen) atoms. The van der Waals surface area contributed by atoms with Gasteiger partial charge in [-0.2, -0.15) is 0 Å². The van der Waals surface area contributed by atoms with Crippen LogP contribution in [0.15, 0.2) is 66.7 Å². The molecule has 1 heterocycles. The van der Waals surface area contributed by atoms with E-state index in [9.17, 15) is 4.79 Å². The number of carbonyl (C=O) groups is 1. The number of urea groups is 1. The van der Waals surface area contributed by atoms with Crippen molar-refractivity contribution in [3.63, 3.8) is 0 Å². The zero-order valence-electron chi connectivity index (χ0n) is 20.5. The summed E-state index contributed by atoms with van der Waals surface area (Å²) in [6.07, 6.45) is 4.37. The van der Waals surface area contributed by atoms with Gasteiger partial charge in [0.1, 0.15) is 0 Å². The Morgan fingerprint density at radius 1 is 0.889 bits per heavy atom. The van der Waals surface area contributed by atoms with Gasteiger partial charge in [0.25, 0.3) is 0 Å². The fourth-order valence-corrected chi connectivity index (χ4v) is 5.61. The third-order valence-corrected chi connectivity index (χ3v) is 7.68. The lowest BCUT2D eigenvalue weighted by atomic mass is 9.72. The molecule has 2 amide bonds. The van der Waals surface area contributed by atoms with Crippen molar-refractivity contribution >= 4 is 46.5 Å². The second kappa shape index (κ2) is 12.3. The molecule has 3 aromatic rings. The molecular weight excluding hydrogens is 513 g/mol. The molecule has 2 N–H and O–H groups in total. The highest BCUT2D eigenvalue weighted by Gasteiger charge is 2.36. The molecular formula is C29H32Cl3N3O. The molecule has 4 rings (SSSR count). The number of anilines is 1. The van der Waals surface area contributed by atoms with Crippen molar-refractivity contribution in [2.75, 3.05) is 31.5 Å². The maximum absolute atomic E-state index is 12.8. The summed E-state index contributed by atoms with van der Waals surface area (Å²) in [6, 6.07) is 21.3. The first kappa shape index (κ1) is 26.8. The first-order chi connectivity index (χ1) is 17.4. The van der Waals surface area contributed by atoms with Crippen molar-refractivity contribution in [2.45, 2.75) is 38.0 Å². The quantitative estimate of drug-likeness (QED) is 0.300. The number of carbonyl (C=O) groups excluding carboxylic acids is 1. The van der Waals surface area contributed by atoms with E-state index >= 15 is 0 Å². The molecule has 1 aliphatic heterocycles. The van der Waals surface area contributed by atoms with Crippen LogP contribution in [0.25, 0.3) is 11.1 Å². The predicted octanol–water partition coefficient (Wildman–Crippen LogP) is 8.27. The molecule has 1 saturated heterocycles. The Balaban J connectivity index is 1.50. The summed E-state index contributed by atoms with van der Waals surface area (Å²) in [4.78, 5) is 15.3. The first-order valence-corrected chi connectivity index (χ1v) is 13.6. The maximum atomic E-state index is 12.8. The van der Waals surface area contributed by atoms with Crippen LogP contribution in [-0.2, 0) is 5.41 Å². The minimum absolute atomic E-state index is 0.140. The van der Waals surface area contributed by atoms with E-state index in [1.807, 2.05) is 18.2 Å². The molecule has 0 spiro atoms. The standard InChI is InChI=1S/C29H32Cl3N3O/c1-2-3-13-35-14-11-29(12-15-35,20-33-28(36)34-27-18-25(31)17-26(32)19-27)23-9-7-21(8-10-23)22-5-4-6-24(30)16-22/h4-10,16-19H,2-3,11-15,20H2,1H3,(H2,33,34,36). The van der Waals surface area contributed by atoms with E-state index in [1.165, 1.54) is 18.4 Å². The van der Waals surface area contributed by atoms with Crippen LogP contribution >= 0.6 is 34.8 Å². The Kier molecular flexibility index (Phi) is 9.19. The Bertz CT molecular complexity index is 1150. The maximum Gasteiger partial charge on any atom is 0.319 e. The van der Waals surface area contributed by atoms with E-state index in [2.05, 4.69) is 52.8 Å². The van der Waals surface area contributed by atoms with Gasteiger partial charge in [-0.1, -0.05) is 84.5 Å². The van der Waals surface area contributed by atoms with Crippen LogP contribution in [0.5, 0.6) is 0 Å². The number of likely N-dealkylation sites (tertiary alicyclic amines) is 1.